The van der Waals surface area contributed by atoms with Gasteiger partial charge in [0.05, 0.1) is 20.3 Å². The van der Waals surface area contributed by atoms with Crippen LogP contribution in [0, 0.1) is 11.7 Å². The number of benzene rings is 1. The Balaban J connectivity index is 2.30. The van der Waals surface area contributed by atoms with Crippen LogP contribution in [0.3, 0.4) is 0 Å². The van der Waals surface area contributed by atoms with Crippen molar-refractivity contribution in [1.29, 1.82) is 0 Å². The van der Waals surface area contributed by atoms with Gasteiger partial charge in [0, 0.05) is 16.7 Å². The van der Waals surface area contributed by atoms with Crippen LogP contribution in [0.1, 0.15) is 18.3 Å². The third-order valence-electron chi connectivity index (χ3n) is 2.87. The van der Waals surface area contributed by atoms with Gasteiger partial charge in [0.25, 0.3) is 0 Å². The van der Waals surface area contributed by atoms with Crippen LogP contribution in [0.5, 0.6) is 11.5 Å². The number of rotatable bonds is 6. The van der Waals surface area contributed by atoms with Crippen molar-refractivity contribution < 1.29 is 9.47 Å². The third-order valence-corrected chi connectivity index (χ3v) is 3.36. The number of hydrogen-bond donors (Lipinski definition) is 2. The van der Waals surface area contributed by atoms with Crippen LogP contribution < -0.4 is 14.9 Å². The minimum absolute atomic E-state index is 0.473. The first-order valence-electron chi connectivity index (χ1n) is 6.44. The van der Waals surface area contributed by atoms with E-state index in [9.17, 15) is 0 Å². The molecule has 6 nitrogen and oxygen atoms in total. The van der Waals surface area contributed by atoms with Crippen LogP contribution >= 0.6 is 23.8 Å². The van der Waals surface area contributed by atoms with Crippen molar-refractivity contribution in [2.45, 2.75) is 20.4 Å². The first-order valence-corrected chi connectivity index (χ1v) is 7.22. The summed E-state index contributed by atoms with van der Waals surface area (Å²) in [7, 11) is 1.59. The Bertz CT molecular complexity index is 683. The molecule has 0 radical (unpaired) electrons. The lowest BCUT2D eigenvalue weighted by Crippen LogP contribution is -2.17. The topological polar surface area (TPSA) is 64.1 Å². The second-order valence-electron chi connectivity index (χ2n) is 4.28. The second-order valence-corrected chi connectivity index (χ2v) is 5.10. The molecule has 1 aromatic heterocycles. The van der Waals surface area contributed by atoms with Crippen molar-refractivity contribution >= 4 is 23.8 Å². The van der Waals surface area contributed by atoms with Gasteiger partial charge >= 0.3 is 0 Å². The maximum Gasteiger partial charge on any atom is 0.214 e. The zero-order valence-corrected chi connectivity index (χ0v) is 13.6. The van der Waals surface area contributed by atoms with E-state index in [4.69, 9.17) is 33.3 Å². The zero-order valence-electron chi connectivity index (χ0n) is 12.1. The van der Waals surface area contributed by atoms with Crippen LogP contribution in [0.2, 0.25) is 5.02 Å². The molecule has 0 spiro atoms. The summed E-state index contributed by atoms with van der Waals surface area (Å²) in [5.41, 5.74) is 4.06. The average molecular weight is 329 g/mol. The minimum Gasteiger partial charge on any atom is -0.493 e. The molecule has 2 aromatic rings. The highest BCUT2D eigenvalue weighted by Crippen LogP contribution is 2.34. The van der Waals surface area contributed by atoms with Crippen molar-refractivity contribution in [3.05, 3.63) is 33.3 Å². The van der Waals surface area contributed by atoms with Gasteiger partial charge in [-0.2, -0.15) is 5.10 Å². The van der Waals surface area contributed by atoms with Crippen molar-refractivity contribution in [2.75, 3.05) is 19.1 Å². The molecule has 1 aromatic carbocycles. The first kappa shape index (κ1) is 15.7. The summed E-state index contributed by atoms with van der Waals surface area (Å²) in [6.07, 6.45) is 0. The number of H-pyrrole nitrogens is 1. The van der Waals surface area contributed by atoms with E-state index in [-0.39, 0.29) is 0 Å². The zero-order chi connectivity index (χ0) is 15.4. The van der Waals surface area contributed by atoms with Gasteiger partial charge in [0.2, 0.25) is 4.77 Å². The van der Waals surface area contributed by atoms with E-state index < -0.39 is 0 Å². The van der Waals surface area contributed by atoms with E-state index in [1.165, 1.54) is 0 Å². The van der Waals surface area contributed by atoms with E-state index in [0.29, 0.717) is 34.4 Å². The van der Waals surface area contributed by atoms with E-state index in [0.717, 1.165) is 11.4 Å². The lowest BCUT2D eigenvalue weighted by molar-refractivity contribution is 0.307. The number of aryl methyl sites for hydroxylation is 1. The van der Waals surface area contributed by atoms with Gasteiger partial charge in [-0.1, -0.05) is 11.6 Å². The molecule has 0 fully saturated rings. The molecule has 2 N–H and O–H groups in total. The molecule has 0 aliphatic rings. The highest BCUT2D eigenvalue weighted by atomic mass is 35.5. The molecule has 8 heteroatoms. The molecule has 0 atom stereocenters. The maximum absolute atomic E-state index is 6.11. The highest BCUT2D eigenvalue weighted by molar-refractivity contribution is 7.71. The predicted molar refractivity (Wildman–Crippen MR) is 84.4 cm³/mol. The smallest absolute Gasteiger partial charge is 0.214 e. The van der Waals surface area contributed by atoms with Gasteiger partial charge in [-0.15, -0.1) is 0 Å². The summed E-state index contributed by atoms with van der Waals surface area (Å²) in [6, 6.07) is 3.56. The lowest BCUT2D eigenvalue weighted by atomic mass is 10.2. The van der Waals surface area contributed by atoms with Crippen molar-refractivity contribution in [3.63, 3.8) is 0 Å². The normalized spacial score (nSPS) is 10.5. The standard InChI is InChI=1S/C13H17ClN4O2S/c1-4-20-12-9(5-10(14)6-11(12)19-3)7-15-18-8(2)16-17-13(18)21/h5-6,15H,4,7H2,1-3H3,(H,17,21). The fourth-order valence-corrected chi connectivity index (χ4v) is 2.41. The van der Waals surface area contributed by atoms with Gasteiger partial charge in [0.15, 0.2) is 11.5 Å². The minimum atomic E-state index is 0.473. The molecule has 2 rings (SSSR count). The maximum atomic E-state index is 6.11. The molecule has 21 heavy (non-hydrogen) atoms. The van der Waals surface area contributed by atoms with Crippen molar-refractivity contribution in [1.82, 2.24) is 14.9 Å². The molecule has 1 heterocycles. The number of halogens is 1. The number of aromatic amines is 1. The molecule has 114 valence electrons. The van der Waals surface area contributed by atoms with E-state index in [1.54, 1.807) is 17.9 Å². The number of aromatic nitrogens is 3. The predicted octanol–water partition coefficient (Wildman–Crippen LogP) is 3.05. The number of nitrogens with one attached hydrogen (secondary N) is 2. The Kier molecular flexibility index (Phi) is 5.08. The van der Waals surface area contributed by atoms with Crippen LogP contribution in [-0.2, 0) is 6.54 Å². The fourth-order valence-electron chi connectivity index (χ4n) is 1.94. The van der Waals surface area contributed by atoms with Crippen molar-refractivity contribution in [3.8, 4) is 11.5 Å². The van der Waals surface area contributed by atoms with Crippen LogP contribution in [0.15, 0.2) is 12.1 Å². The molecule has 0 unspecified atom stereocenters. The SMILES string of the molecule is CCOc1c(CNn2c(C)n[nH]c2=S)cc(Cl)cc1OC. The average Bonchev–Trinajstić information content (AvgIpc) is 2.78. The van der Waals surface area contributed by atoms with E-state index in [1.807, 2.05) is 19.9 Å². The van der Waals surface area contributed by atoms with Gasteiger partial charge in [-0.25, -0.2) is 4.68 Å². The second kappa shape index (κ2) is 6.82. The van der Waals surface area contributed by atoms with Gasteiger partial charge in [-0.05, 0) is 32.1 Å². The Morgan fingerprint density at radius 2 is 2.24 bits per heavy atom. The summed E-state index contributed by atoms with van der Waals surface area (Å²) >= 11 is 11.3. The summed E-state index contributed by atoms with van der Waals surface area (Å²) in [6.45, 7) is 4.78. The summed E-state index contributed by atoms with van der Waals surface area (Å²) in [4.78, 5) is 0. The van der Waals surface area contributed by atoms with Crippen LogP contribution in [0.25, 0.3) is 0 Å². The number of nitrogens with zero attached hydrogens (tertiary/aromatic N) is 2. The lowest BCUT2D eigenvalue weighted by Gasteiger charge is -2.16. The van der Waals surface area contributed by atoms with Gasteiger partial charge < -0.3 is 14.9 Å². The van der Waals surface area contributed by atoms with Crippen LogP contribution in [-0.4, -0.2) is 28.6 Å². The largest absolute Gasteiger partial charge is 0.493 e. The fraction of sp³-hybridized carbons (Fsp3) is 0.385. The van der Waals surface area contributed by atoms with Crippen molar-refractivity contribution in [2.24, 2.45) is 0 Å². The molecular formula is C13H17ClN4O2S. The Morgan fingerprint density at radius 1 is 1.48 bits per heavy atom. The number of hydrogen-bond acceptors (Lipinski definition) is 5. The van der Waals surface area contributed by atoms with Gasteiger partial charge in [0.1, 0.15) is 5.82 Å². The molecule has 0 saturated heterocycles. The van der Waals surface area contributed by atoms with E-state index in [2.05, 4.69) is 15.6 Å². The molecule has 0 amide bonds. The molecule has 0 aliphatic heterocycles. The highest BCUT2D eigenvalue weighted by Gasteiger charge is 2.13. The summed E-state index contributed by atoms with van der Waals surface area (Å²) in [5, 5.41) is 7.34. The third kappa shape index (κ3) is 3.48. The van der Waals surface area contributed by atoms with E-state index >= 15 is 0 Å². The van der Waals surface area contributed by atoms with Gasteiger partial charge in [-0.3, -0.25) is 5.10 Å². The summed E-state index contributed by atoms with van der Waals surface area (Å²) in [5.74, 6) is 2.02. The summed E-state index contributed by atoms with van der Waals surface area (Å²) < 4.78 is 13.2. The molecule has 0 saturated carbocycles. The molecule has 0 bridgehead atoms. The first-order chi connectivity index (χ1) is 10.1. The molecule has 0 aliphatic carbocycles. The quantitative estimate of drug-likeness (QED) is 0.798. The Hall–Kier alpha value is -1.73. The van der Waals surface area contributed by atoms with Crippen LogP contribution in [0.4, 0.5) is 0 Å². The number of ether oxygens (including phenoxy) is 2. The monoisotopic (exact) mass is 328 g/mol. The number of methoxy groups -OCH3 is 1. The Morgan fingerprint density at radius 3 is 2.81 bits per heavy atom. The molecular weight excluding hydrogens is 312 g/mol. The Labute approximate surface area is 133 Å².